The quantitative estimate of drug-likeness (QED) is 0.810. The van der Waals surface area contributed by atoms with Crippen molar-refractivity contribution in [1.82, 2.24) is 10.3 Å². The molecule has 0 saturated heterocycles. The average Bonchev–Trinajstić information content (AvgIpc) is 2.61. The number of hydrogen-bond donors (Lipinski definition) is 2. The average molecular weight is 341 g/mol. The Morgan fingerprint density at radius 1 is 1.24 bits per heavy atom. The van der Waals surface area contributed by atoms with Gasteiger partial charge in [0.25, 0.3) is 5.91 Å². The largest absolute Gasteiger partial charge is 0.497 e. The van der Waals surface area contributed by atoms with E-state index in [1.54, 1.807) is 19.5 Å². The van der Waals surface area contributed by atoms with Gasteiger partial charge in [-0.2, -0.15) is 0 Å². The molecule has 0 aliphatic carbocycles. The summed E-state index contributed by atoms with van der Waals surface area (Å²) >= 11 is 0. The van der Waals surface area contributed by atoms with E-state index in [9.17, 15) is 4.79 Å². The minimum Gasteiger partial charge on any atom is -0.497 e. The van der Waals surface area contributed by atoms with Crippen molar-refractivity contribution < 1.29 is 9.53 Å². The summed E-state index contributed by atoms with van der Waals surface area (Å²) in [5.74, 6) is 1.08. The van der Waals surface area contributed by atoms with E-state index in [2.05, 4.69) is 24.1 Å². The van der Waals surface area contributed by atoms with Gasteiger partial charge in [0.15, 0.2) is 0 Å². The highest BCUT2D eigenvalue weighted by Gasteiger charge is 2.26. The smallest absolute Gasteiger partial charge is 0.253 e. The first-order valence-electron chi connectivity index (χ1n) is 8.49. The molecule has 25 heavy (non-hydrogen) atoms. The summed E-state index contributed by atoms with van der Waals surface area (Å²) in [5, 5.41) is 3.06. The van der Waals surface area contributed by atoms with Gasteiger partial charge in [0.1, 0.15) is 5.75 Å². The number of aromatic nitrogens is 1. The molecule has 1 aromatic heterocycles. The second-order valence-corrected chi connectivity index (χ2v) is 7.01. The van der Waals surface area contributed by atoms with Crippen molar-refractivity contribution in [2.45, 2.75) is 32.7 Å². The van der Waals surface area contributed by atoms with E-state index in [4.69, 9.17) is 10.5 Å². The molecule has 2 rings (SSSR count). The number of carbonyl (C=O) groups excluding carboxylic acids is 1. The summed E-state index contributed by atoms with van der Waals surface area (Å²) < 4.78 is 5.17. The lowest BCUT2D eigenvalue weighted by molar-refractivity contribution is 0.0898. The maximum Gasteiger partial charge on any atom is 0.253 e. The third kappa shape index (κ3) is 5.03. The van der Waals surface area contributed by atoms with Crippen LogP contribution in [-0.2, 0) is 0 Å². The number of hydrogen-bond acceptors (Lipinski definition) is 4. The highest BCUT2D eigenvalue weighted by atomic mass is 16.5. The lowest BCUT2D eigenvalue weighted by Crippen LogP contribution is -2.52. The van der Waals surface area contributed by atoms with E-state index >= 15 is 0 Å². The molecule has 1 atom stereocenters. The molecule has 5 heteroatoms. The maximum atomic E-state index is 12.7. The summed E-state index contributed by atoms with van der Waals surface area (Å²) in [7, 11) is 1.63. The molecule has 0 saturated carbocycles. The lowest BCUT2D eigenvalue weighted by Gasteiger charge is -2.31. The molecule has 2 aromatic rings. The molecule has 1 aromatic carbocycles. The molecular weight excluding hydrogens is 314 g/mol. The van der Waals surface area contributed by atoms with E-state index in [0.29, 0.717) is 18.0 Å². The Kier molecular flexibility index (Phi) is 6.15. The predicted molar refractivity (Wildman–Crippen MR) is 101 cm³/mol. The zero-order valence-electron chi connectivity index (χ0n) is 15.4. The molecule has 1 amide bonds. The van der Waals surface area contributed by atoms with Crippen LogP contribution in [0.4, 0.5) is 0 Å². The summed E-state index contributed by atoms with van der Waals surface area (Å²) in [6, 6.07) is 9.50. The van der Waals surface area contributed by atoms with Gasteiger partial charge < -0.3 is 15.8 Å². The fraction of sp³-hybridized carbons (Fsp3) is 0.400. The van der Waals surface area contributed by atoms with Gasteiger partial charge in [0.05, 0.1) is 12.7 Å². The Morgan fingerprint density at radius 3 is 2.48 bits per heavy atom. The number of ether oxygens (including phenoxy) is 1. The van der Waals surface area contributed by atoms with Crippen molar-refractivity contribution in [2.24, 2.45) is 11.7 Å². The molecule has 3 N–H and O–H groups in total. The molecule has 0 aliphatic heterocycles. The second kappa shape index (κ2) is 8.12. The molecule has 1 heterocycles. The topological polar surface area (TPSA) is 77.2 Å². The van der Waals surface area contributed by atoms with Crippen molar-refractivity contribution in [3.63, 3.8) is 0 Å². The van der Waals surface area contributed by atoms with E-state index in [1.165, 1.54) is 0 Å². The van der Waals surface area contributed by atoms with Crippen LogP contribution in [0, 0.1) is 5.92 Å². The number of nitrogens with one attached hydrogen (secondary N) is 1. The third-order valence-corrected chi connectivity index (χ3v) is 4.15. The first kappa shape index (κ1) is 18.9. The number of rotatable bonds is 7. The van der Waals surface area contributed by atoms with Crippen LogP contribution in [0.3, 0.4) is 0 Å². The van der Waals surface area contributed by atoms with Crippen LogP contribution in [0.15, 0.2) is 42.7 Å². The van der Waals surface area contributed by atoms with Crippen LogP contribution < -0.4 is 15.8 Å². The molecule has 1 unspecified atom stereocenters. The summed E-state index contributed by atoms with van der Waals surface area (Å²) in [6.07, 6.45) is 4.14. The molecule has 0 bridgehead atoms. The summed E-state index contributed by atoms with van der Waals surface area (Å²) in [5.41, 5.74) is 7.84. The van der Waals surface area contributed by atoms with Gasteiger partial charge in [0.2, 0.25) is 0 Å². The van der Waals surface area contributed by atoms with Crippen molar-refractivity contribution in [3.8, 4) is 16.9 Å². The van der Waals surface area contributed by atoms with Crippen molar-refractivity contribution in [2.75, 3.05) is 13.7 Å². The van der Waals surface area contributed by atoms with Gasteiger partial charge >= 0.3 is 0 Å². The SMILES string of the molecule is COc1ccc(-c2cncc(C(=O)NC(C)(CN)CC(C)C)c2)cc1. The van der Waals surface area contributed by atoms with Gasteiger partial charge in [-0.05, 0) is 43.0 Å². The maximum absolute atomic E-state index is 12.7. The van der Waals surface area contributed by atoms with Crippen LogP contribution in [0.1, 0.15) is 37.6 Å². The van der Waals surface area contributed by atoms with Gasteiger partial charge in [-0.15, -0.1) is 0 Å². The van der Waals surface area contributed by atoms with E-state index in [0.717, 1.165) is 23.3 Å². The van der Waals surface area contributed by atoms with E-state index in [-0.39, 0.29) is 5.91 Å². The Hall–Kier alpha value is -2.40. The molecular formula is C20H27N3O2. The highest BCUT2D eigenvalue weighted by molar-refractivity contribution is 5.95. The minimum atomic E-state index is -0.429. The lowest BCUT2D eigenvalue weighted by atomic mass is 9.90. The van der Waals surface area contributed by atoms with Gasteiger partial charge in [0, 0.05) is 30.0 Å². The monoisotopic (exact) mass is 341 g/mol. The van der Waals surface area contributed by atoms with E-state index in [1.807, 2.05) is 37.3 Å². The van der Waals surface area contributed by atoms with Crippen molar-refractivity contribution in [1.29, 1.82) is 0 Å². The van der Waals surface area contributed by atoms with Crippen LogP contribution in [0.2, 0.25) is 0 Å². The molecule has 0 spiro atoms. The standard InChI is InChI=1S/C20H27N3O2/c1-14(2)10-20(3,13-21)23-19(24)17-9-16(11-22-12-17)15-5-7-18(25-4)8-6-15/h5-9,11-12,14H,10,13,21H2,1-4H3,(H,23,24). The number of carbonyl (C=O) groups is 1. The normalized spacial score (nSPS) is 13.4. The fourth-order valence-electron chi connectivity index (χ4n) is 2.94. The van der Waals surface area contributed by atoms with Crippen molar-refractivity contribution in [3.05, 3.63) is 48.3 Å². The molecule has 134 valence electrons. The minimum absolute atomic E-state index is 0.156. The van der Waals surface area contributed by atoms with E-state index < -0.39 is 5.54 Å². The predicted octanol–water partition coefficient (Wildman–Crippen LogP) is 3.25. The fourth-order valence-corrected chi connectivity index (χ4v) is 2.94. The zero-order chi connectivity index (χ0) is 18.4. The number of methoxy groups -OCH3 is 1. The first-order chi connectivity index (χ1) is 11.9. The molecule has 5 nitrogen and oxygen atoms in total. The number of nitrogens with two attached hydrogens (primary N) is 1. The van der Waals surface area contributed by atoms with Gasteiger partial charge in [-0.25, -0.2) is 0 Å². The van der Waals surface area contributed by atoms with Crippen molar-refractivity contribution >= 4 is 5.91 Å². The Morgan fingerprint density at radius 2 is 1.92 bits per heavy atom. The number of benzene rings is 1. The molecule has 0 radical (unpaired) electrons. The number of amides is 1. The van der Waals surface area contributed by atoms with Crippen LogP contribution >= 0.6 is 0 Å². The van der Waals surface area contributed by atoms with Crippen LogP contribution in [0.25, 0.3) is 11.1 Å². The Balaban J connectivity index is 2.20. The zero-order valence-corrected chi connectivity index (χ0v) is 15.4. The molecule has 0 aliphatic rings. The third-order valence-electron chi connectivity index (χ3n) is 4.15. The van der Waals surface area contributed by atoms with Crippen LogP contribution in [0.5, 0.6) is 5.75 Å². The van der Waals surface area contributed by atoms with Crippen LogP contribution in [-0.4, -0.2) is 30.1 Å². The second-order valence-electron chi connectivity index (χ2n) is 7.01. The Bertz CT molecular complexity index is 713. The first-order valence-corrected chi connectivity index (χ1v) is 8.49. The number of pyridine rings is 1. The highest BCUT2D eigenvalue weighted by Crippen LogP contribution is 2.23. The number of nitrogens with zero attached hydrogens (tertiary/aromatic N) is 1. The van der Waals surface area contributed by atoms with Gasteiger partial charge in [-0.1, -0.05) is 26.0 Å². The molecule has 0 fully saturated rings. The summed E-state index contributed by atoms with van der Waals surface area (Å²) in [6.45, 7) is 6.60. The Labute approximate surface area is 149 Å². The summed E-state index contributed by atoms with van der Waals surface area (Å²) in [4.78, 5) is 16.9. The van der Waals surface area contributed by atoms with Gasteiger partial charge in [-0.3, -0.25) is 9.78 Å².